The number of rotatable bonds is 3. The average molecular weight is 413 g/mol. The highest BCUT2D eigenvalue weighted by molar-refractivity contribution is 7.90. The van der Waals surface area contributed by atoms with Gasteiger partial charge >= 0.3 is 0 Å². The molecule has 29 heavy (non-hydrogen) atoms. The minimum Gasteiger partial charge on any atom is -0.486 e. The molecule has 1 aromatic carbocycles. The summed E-state index contributed by atoms with van der Waals surface area (Å²) in [5, 5.41) is 0.906. The molecule has 3 aromatic rings. The van der Waals surface area contributed by atoms with Crippen LogP contribution in [-0.4, -0.2) is 55.6 Å². The van der Waals surface area contributed by atoms with Crippen LogP contribution in [0, 0.1) is 0 Å². The van der Waals surface area contributed by atoms with Gasteiger partial charge in [-0.15, -0.1) is 0 Å². The average Bonchev–Trinajstić information content (AvgIpc) is 3.14. The minimum atomic E-state index is -3.82. The lowest BCUT2D eigenvalue weighted by Gasteiger charge is -2.28. The normalized spacial score (nSPS) is 18.2. The largest absolute Gasteiger partial charge is 0.486 e. The summed E-state index contributed by atoms with van der Waals surface area (Å²) in [5.41, 5.74) is 1.53. The topological polar surface area (TPSA) is 73.7 Å². The lowest BCUT2D eigenvalue weighted by atomic mass is 9.90. The van der Waals surface area contributed by atoms with Crippen molar-refractivity contribution in [2.24, 2.45) is 0 Å². The van der Waals surface area contributed by atoms with Gasteiger partial charge < -0.3 is 14.4 Å². The lowest BCUT2D eigenvalue weighted by Crippen LogP contribution is -2.29. The van der Waals surface area contributed by atoms with E-state index in [1.54, 1.807) is 24.5 Å². The highest BCUT2D eigenvalue weighted by atomic mass is 32.2. The van der Waals surface area contributed by atoms with Gasteiger partial charge in [-0.1, -0.05) is 0 Å². The molecule has 0 saturated carbocycles. The first-order valence-corrected chi connectivity index (χ1v) is 11.3. The third kappa shape index (κ3) is 3.16. The van der Waals surface area contributed by atoms with E-state index in [9.17, 15) is 8.42 Å². The molecule has 1 saturated heterocycles. The zero-order chi connectivity index (χ0) is 20.0. The van der Waals surface area contributed by atoms with Gasteiger partial charge in [-0.05, 0) is 68.7 Å². The van der Waals surface area contributed by atoms with Crippen molar-refractivity contribution in [2.45, 2.75) is 23.7 Å². The van der Waals surface area contributed by atoms with Crippen LogP contribution in [0.5, 0.6) is 11.5 Å². The fraction of sp³-hybridized carbons (Fsp3) is 0.381. The Hall–Kier alpha value is -2.58. The molecule has 0 bridgehead atoms. The van der Waals surface area contributed by atoms with E-state index in [1.165, 1.54) is 10.0 Å². The molecule has 0 atom stereocenters. The number of piperidine rings is 1. The van der Waals surface area contributed by atoms with Crippen LogP contribution < -0.4 is 9.47 Å². The number of fused-ring (bicyclic) bond motifs is 2. The third-order valence-corrected chi connectivity index (χ3v) is 7.44. The smallest absolute Gasteiger partial charge is 0.269 e. The summed E-state index contributed by atoms with van der Waals surface area (Å²) in [6.45, 7) is 2.88. The van der Waals surface area contributed by atoms with Crippen molar-refractivity contribution >= 4 is 21.1 Å². The van der Waals surface area contributed by atoms with Crippen molar-refractivity contribution in [2.75, 3.05) is 33.4 Å². The molecule has 8 heteroatoms. The predicted octanol–water partition coefficient (Wildman–Crippen LogP) is 2.85. The van der Waals surface area contributed by atoms with Gasteiger partial charge in [-0.25, -0.2) is 17.4 Å². The molecular weight excluding hydrogens is 390 g/mol. The highest BCUT2D eigenvalue weighted by Gasteiger charge is 2.28. The maximum atomic E-state index is 13.5. The van der Waals surface area contributed by atoms with Gasteiger partial charge in [0.1, 0.15) is 13.2 Å². The van der Waals surface area contributed by atoms with Gasteiger partial charge in [0.15, 0.2) is 17.1 Å². The van der Waals surface area contributed by atoms with E-state index >= 15 is 0 Å². The lowest BCUT2D eigenvalue weighted by molar-refractivity contribution is 0.171. The predicted molar refractivity (Wildman–Crippen MR) is 109 cm³/mol. The van der Waals surface area contributed by atoms with E-state index in [1.807, 2.05) is 12.1 Å². The molecule has 0 aliphatic carbocycles. The van der Waals surface area contributed by atoms with Crippen LogP contribution in [0.25, 0.3) is 11.0 Å². The Morgan fingerprint density at radius 2 is 1.83 bits per heavy atom. The molecule has 0 N–H and O–H groups in total. The minimum absolute atomic E-state index is 0.166. The van der Waals surface area contributed by atoms with E-state index < -0.39 is 10.0 Å². The number of nitrogens with zero attached hydrogens (tertiary/aromatic N) is 3. The molecule has 4 heterocycles. The van der Waals surface area contributed by atoms with Gasteiger partial charge in [0.05, 0.1) is 4.90 Å². The van der Waals surface area contributed by atoms with Crippen molar-refractivity contribution in [1.82, 2.24) is 13.9 Å². The van der Waals surface area contributed by atoms with Gasteiger partial charge in [-0.2, -0.15) is 0 Å². The van der Waals surface area contributed by atoms with Crippen LogP contribution in [0.3, 0.4) is 0 Å². The summed E-state index contributed by atoms with van der Waals surface area (Å²) in [4.78, 5) is 6.88. The standard InChI is InChI=1S/C21H23N3O4S/c1-23-9-6-15(7-10-23)18-14-24(21-17(18)3-2-8-22-21)29(25,26)16-4-5-19-20(13-16)28-12-11-27-19/h2-5,8,13-15H,6-7,9-12H2,1H3. The Morgan fingerprint density at radius 3 is 2.62 bits per heavy atom. The van der Waals surface area contributed by atoms with Gasteiger partial charge in [0.25, 0.3) is 10.0 Å². The summed E-state index contributed by atoms with van der Waals surface area (Å²) >= 11 is 0. The van der Waals surface area contributed by atoms with Crippen LogP contribution in [0.4, 0.5) is 0 Å². The van der Waals surface area contributed by atoms with Crippen LogP contribution in [0.1, 0.15) is 24.3 Å². The highest BCUT2D eigenvalue weighted by Crippen LogP contribution is 2.37. The Kier molecular flexibility index (Phi) is 4.48. The molecule has 2 aliphatic heterocycles. The Labute approximate surface area is 169 Å². The third-order valence-electron chi connectivity index (χ3n) is 5.79. The Morgan fingerprint density at radius 1 is 1.07 bits per heavy atom. The molecule has 152 valence electrons. The summed E-state index contributed by atoms with van der Waals surface area (Å²) < 4.78 is 39.4. The molecule has 2 aromatic heterocycles. The fourth-order valence-electron chi connectivity index (χ4n) is 4.18. The zero-order valence-corrected chi connectivity index (χ0v) is 17.1. The molecular formula is C21H23N3O4S. The van der Waals surface area contributed by atoms with E-state index in [-0.39, 0.29) is 4.90 Å². The van der Waals surface area contributed by atoms with Gasteiger partial charge in [0.2, 0.25) is 0 Å². The number of hydrogen-bond donors (Lipinski definition) is 0. The number of benzene rings is 1. The summed E-state index contributed by atoms with van der Waals surface area (Å²) in [7, 11) is -1.70. The quantitative estimate of drug-likeness (QED) is 0.657. The summed E-state index contributed by atoms with van der Waals surface area (Å²) in [6, 6.07) is 8.58. The molecule has 2 aliphatic rings. The van der Waals surface area contributed by atoms with Crippen molar-refractivity contribution in [3.8, 4) is 11.5 Å². The molecule has 1 fully saturated rings. The second-order valence-corrected chi connectivity index (χ2v) is 9.46. The monoisotopic (exact) mass is 413 g/mol. The number of aromatic nitrogens is 2. The van der Waals surface area contributed by atoms with Crippen molar-refractivity contribution < 1.29 is 17.9 Å². The zero-order valence-electron chi connectivity index (χ0n) is 16.2. The number of likely N-dealkylation sites (tertiary alicyclic amines) is 1. The molecule has 0 radical (unpaired) electrons. The maximum Gasteiger partial charge on any atom is 0.269 e. The maximum absolute atomic E-state index is 13.5. The van der Waals surface area contributed by atoms with E-state index in [0.717, 1.165) is 36.9 Å². The van der Waals surface area contributed by atoms with Crippen molar-refractivity contribution in [3.63, 3.8) is 0 Å². The van der Waals surface area contributed by atoms with Gasteiger partial charge in [-0.3, -0.25) is 0 Å². The molecule has 5 rings (SSSR count). The second-order valence-electron chi connectivity index (χ2n) is 7.64. The molecule has 0 spiro atoms. The van der Waals surface area contributed by atoms with Crippen LogP contribution in [0.2, 0.25) is 0 Å². The first-order chi connectivity index (χ1) is 14.0. The number of hydrogen-bond acceptors (Lipinski definition) is 6. The van der Waals surface area contributed by atoms with Crippen LogP contribution in [0.15, 0.2) is 47.6 Å². The summed E-state index contributed by atoms with van der Waals surface area (Å²) in [5.74, 6) is 1.35. The Bertz CT molecular complexity index is 1160. The molecule has 0 unspecified atom stereocenters. The second kappa shape index (κ2) is 7.03. The number of pyridine rings is 1. The molecule has 7 nitrogen and oxygen atoms in total. The van der Waals surface area contributed by atoms with Crippen molar-refractivity contribution in [3.05, 3.63) is 48.3 Å². The van der Waals surface area contributed by atoms with E-state index in [2.05, 4.69) is 16.9 Å². The van der Waals surface area contributed by atoms with Crippen LogP contribution in [-0.2, 0) is 10.0 Å². The number of ether oxygens (including phenoxy) is 2. The van der Waals surface area contributed by atoms with Crippen molar-refractivity contribution in [1.29, 1.82) is 0 Å². The molecule has 0 amide bonds. The van der Waals surface area contributed by atoms with E-state index in [4.69, 9.17) is 9.47 Å². The van der Waals surface area contributed by atoms with Gasteiger partial charge in [0, 0.05) is 23.8 Å². The van der Waals surface area contributed by atoms with Crippen LogP contribution >= 0.6 is 0 Å². The SMILES string of the molecule is CN1CCC(c2cn(S(=O)(=O)c3ccc4c(c3)OCCO4)c3ncccc23)CC1. The first kappa shape index (κ1) is 18.4. The summed E-state index contributed by atoms with van der Waals surface area (Å²) in [6.07, 6.45) is 5.42. The fourth-order valence-corrected chi connectivity index (χ4v) is 5.53. The first-order valence-electron chi connectivity index (χ1n) is 9.84. The van der Waals surface area contributed by atoms with E-state index in [0.29, 0.717) is 36.3 Å². The Balaban J connectivity index is 1.61.